The Morgan fingerprint density at radius 3 is 2.35 bits per heavy atom. The van der Waals surface area contributed by atoms with Crippen molar-refractivity contribution in [3.63, 3.8) is 0 Å². The number of dihydropyridines is 1. The minimum absolute atomic E-state index is 0.167. The van der Waals surface area contributed by atoms with E-state index < -0.39 is 0 Å². The van der Waals surface area contributed by atoms with Gasteiger partial charge in [0.2, 0.25) is 0 Å². The summed E-state index contributed by atoms with van der Waals surface area (Å²) < 4.78 is 1.86. The maximum atomic E-state index is 8.04. The third kappa shape index (κ3) is 3.55. The minimum Gasteiger partial charge on any atom is -0.321 e. The Balaban J connectivity index is 1.60. The van der Waals surface area contributed by atoms with Gasteiger partial charge in [0, 0.05) is 29.1 Å². The van der Waals surface area contributed by atoms with Crippen molar-refractivity contribution in [1.29, 1.82) is 5.41 Å². The largest absolute Gasteiger partial charge is 0.321 e. The molecule has 1 aliphatic heterocycles. The number of allylic oxidation sites excluding steroid dienone is 1. The average molecular weight is 410 g/mol. The first kappa shape index (κ1) is 19.6. The van der Waals surface area contributed by atoms with E-state index in [1.807, 2.05) is 42.1 Å². The van der Waals surface area contributed by atoms with Gasteiger partial charge in [-0.05, 0) is 43.4 Å². The molecular formula is C26H27N5. The summed E-state index contributed by atoms with van der Waals surface area (Å²) in [6.07, 6.45) is 8.56. The first-order valence-corrected chi connectivity index (χ1v) is 10.8. The second-order valence-corrected chi connectivity index (χ2v) is 8.61. The van der Waals surface area contributed by atoms with Crippen LogP contribution in [0.5, 0.6) is 0 Å². The predicted molar refractivity (Wildman–Crippen MR) is 125 cm³/mol. The third-order valence-corrected chi connectivity index (χ3v) is 6.49. The van der Waals surface area contributed by atoms with Crippen LogP contribution in [-0.4, -0.2) is 21.7 Å². The Hall–Kier alpha value is -3.31. The molecule has 5 heteroatoms. The molecule has 2 aromatic carbocycles. The topological polar surface area (TPSA) is 80.0 Å². The normalized spacial score (nSPS) is 22.3. The van der Waals surface area contributed by atoms with Crippen LogP contribution < -0.4 is 5.73 Å². The lowest BCUT2D eigenvalue weighted by Gasteiger charge is -2.38. The Bertz CT molecular complexity index is 1150. The van der Waals surface area contributed by atoms with Gasteiger partial charge in [-0.3, -0.25) is 4.99 Å². The first-order valence-electron chi connectivity index (χ1n) is 10.8. The highest BCUT2D eigenvalue weighted by Gasteiger charge is 2.34. The van der Waals surface area contributed by atoms with Crippen LogP contribution in [-0.2, 0) is 5.54 Å². The van der Waals surface area contributed by atoms with E-state index in [0.717, 1.165) is 40.9 Å². The Morgan fingerprint density at radius 2 is 1.77 bits per heavy atom. The molecule has 2 atom stereocenters. The molecule has 2 unspecified atom stereocenters. The van der Waals surface area contributed by atoms with Gasteiger partial charge < -0.3 is 11.1 Å². The molecule has 2 aliphatic rings. The molecule has 0 spiro atoms. The lowest BCUT2D eigenvalue weighted by molar-refractivity contribution is 0.253. The fourth-order valence-electron chi connectivity index (χ4n) is 4.48. The van der Waals surface area contributed by atoms with Crippen LogP contribution in [0.4, 0.5) is 0 Å². The molecule has 1 aliphatic carbocycles. The van der Waals surface area contributed by atoms with Gasteiger partial charge in [0.05, 0.1) is 17.3 Å². The molecule has 5 nitrogen and oxygen atoms in total. The fourth-order valence-corrected chi connectivity index (χ4v) is 4.48. The summed E-state index contributed by atoms with van der Waals surface area (Å²) in [7, 11) is 0. The van der Waals surface area contributed by atoms with Crippen LogP contribution in [0.25, 0.3) is 5.57 Å². The highest BCUT2D eigenvalue weighted by atomic mass is 15.3. The van der Waals surface area contributed by atoms with Crippen LogP contribution >= 0.6 is 0 Å². The average Bonchev–Trinajstić information content (AvgIpc) is 3.23. The summed E-state index contributed by atoms with van der Waals surface area (Å²) in [6.45, 7) is 1.97. The number of nitrogens with two attached hydrogens (primary N) is 1. The van der Waals surface area contributed by atoms with Gasteiger partial charge in [-0.2, -0.15) is 5.10 Å². The zero-order valence-electron chi connectivity index (χ0n) is 17.7. The molecule has 1 fully saturated rings. The van der Waals surface area contributed by atoms with E-state index in [9.17, 15) is 0 Å². The number of aryl methyl sites for hydroxylation is 1. The molecule has 1 saturated carbocycles. The Kier molecular flexibility index (Phi) is 4.91. The fraction of sp³-hybridized carbons (Fsp3) is 0.269. The number of nitrogens with one attached hydrogen (secondary N) is 1. The SMILES string of the molecule is Cc1ccn(C2N=C(c3ccc(C4(N)CCC4)cc3)C(c3ccccc3)=CC2C=N)n1. The van der Waals surface area contributed by atoms with E-state index in [2.05, 4.69) is 47.6 Å². The van der Waals surface area contributed by atoms with E-state index in [1.165, 1.54) is 18.2 Å². The maximum absolute atomic E-state index is 8.04. The molecule has 156 valence electrons. The van der Waals surface area contributed by atoms with Gasteiger partial charge in [0.25, 0.3) is 0 Å². The monoisotopic (exact) mass is 409 g/mol. The highest BCUT2D eigenvalue weighted by Crippen LogP contribution is 2.39. The summed E-state index contributed by atoms with van der Waals surface area (Å²) in [5.41, 5.74) is 12.6. The Labute approximate surface area is 182 Å². The van der Waals surface area contributed by atoms with E-state index in [0.29, 0.717) is 0 Å². The summed E-state index contributed by atoms with van der Waals surface area (Å²) in [5.74, 6) is -0.167. The van der Waals surface area contributed by atoms with Crippen LogP contribution in [0.3, 0.4) is 0 Å². The maximum Gasteiger partial charge on any atom is 0.153 e. The number of benzene rings is 2. The van der Waals surface area contributed by atoms with Crippen LogP contribution in [0.1, 0.15) is 47.8 Å². The van der Waals surface area contributed by atoms with Gasteiger partial charge in [-0.25, -0.2) is 4.68 Å². The van der Waals surface area contributed by atoms with E-state index in [-0.39, 0.29) is 17.6 Å². The van der Waals surface area contributed by atoms with Crippen molar-refractivity contribution in [1.82, 2.24) is 9.78 Å². The molecule has 1 aromatic heterocycles. The zero-order valence-corrected chi connectivity index (χ0v) is 17.7. The molecule has 0 amide bonds. The predicted octanol–water partition coefficient (Wildman–Crippen LogP) is 4.88. The third-order valence-electron chi connectivity index (χ3n) is 6.49. The summed E-state index contributed by atoms with van der Waals surface area (Å²) in [4.78, 5) is 5.14. The van der Waals surface area contributed by atoms with Crippen molar-refractivity contribution >= 4 is 17.5 Å². The molecule has 0 bridgehead atoms. The van der Waals surface area contributed by atoms with Gasteiger partial charge >= 0.3 is 0 Å². The van der Waals surface area contributed by atoms with Crippen LogP contribution in [0, 0.1) is 18.3 Å². The second kappa shape index (κ2) is 7.75. The number of hydrogen-bond donors (Lipinski definition) is 2. The van der Waals surface area contributed by atoms with Gasteiger partial charge in [0.1, 0.15) is 0 Å². The summed E-state index contributed by atoms with van der Waals surface area (Å²) in [6, 6.07) is 20.8. The van der Waals surface area contributed by atoms with Gasteiger partial charge in [-0.1, -0.05) is 60.7 Å². The number of aliphatic imine (C=N–C) groups is 1. The molecule has 3 N–H and O–H groups in total. The number of nitrogens with zero attached hydrogens (tertiary/aromatic N) is 3. The number of hydrogen-bond acceptors (Lipinski definition) is 4. The molecule has 0 radical (unpaired) electrons. The van der Waals surface area contributed by atoms with E-state index in [4.69, 9.17) is 16.1 Å². The van der Waals surface area contributed by atoms with Crippen LogP contribution in [0.2, 0.25) is 0 Å². The summed E-state index contributed by atoms with van der Waals surface area (Å²) >= 11 is 0. The first-order chi connectivity index (χ1) is 15.1. The van der Waals surface area contributed by atoms with E-state index >= 15 is 0 Å². The quantitative estimate of drug-likeness (QED) is 0.589. The molecule has 2 heterocycles. The highest BCUT2D eigenvalue weighted by molar-refractivity contribution is 6.32. The van der Waals surface area contributed by atoms with Crippen molar-refractivity contribution in [3.05, 3.63) is 95.3 Å². The molecular weight excluding hydrogens is 382 g/mol. The Morgan fingerprint density at radius 1 is 1.03 bits per heavy atom. The van der Waals surface area contributed by atoms with Crippen molar-refractivity contribution in [2.45, 2.75) is 37.9 Å². The van der Waals surface area contributed by atoms with E-state index in [1.54, 1.807) is 0 Å². The standard InChI is InChI=1S/C26H27N5/c1-18-12-15-31(30-18)25-21(17-27)16-23(19-6-3-2-4-7-19)24(29-25)20-8-10-22(11-9-20)26(28)13-5-14-26/h2-4,6-12,15-17,21,25,27H,5,13-14,28H2,1H3. The van der Waals surface area contributed by atoms with Crippen molar-refractivity contribution in [3.8, 4) is 0 Å². The van der Waals surface area contributed by atoms with Gasteiger partial charge in [-0.15, -0.1) is 0 Å². The number of aromatic nitrogens is 2. The molecule has 5 rings (SSSR count). The second-order valence-electron chi connectivity index (χ2n) is 8.61. The van der Waals surface area contributed by atoms with Crippen molar-refractivity contribution in [2.24, 2.45) is 16.6 Å². The summed E-state index contributed by atoms with van der Waals surface area (Å²) in [5, 5.41) is 12.6. The smallest absolute Gasteiger partial charge is 0.153 e. The lowest BCUT2D eigenvalue weighted by Crippen LogP contribution is -2.43. The van der Waals surface area contributed by atoms with Crippen LogP contribution in [0.15, 0.2) is 77.9 Å². The molecule has 0 saturated heterocycles. The van der Waals surface area contributed by atoms with Crippen molar-refractivity contribution in [2.75, 3.05) is 0 Å². The zero-order chi connectivity index (χ0) is 21.4. The molecule has 3 aromatic rings. The minimum atomic E-state index is -0.277. The molecule has 31 heavy (non-hydrogen) atoms. The number of rotatable bonds is 5. The lowest BCUT2D eigenvalue weighted by atomic mass is 9.72. The van der Waals surface area contributed by atoms with Crippen molar-refractivity contribution < 1.29 is 0 Å². The van der Waals surface area contributed by atoms with Gasteiger partial charge in [0.15, 0.2) is 6.17 Å².